The third-order valence-electron chi connectivity index (χ3n) is 2.80. The highest BCUT2D eigenvalue weighted by Gasteiger charge is 2.32. The molecule has 18 heavy (non-hydrogen) atoms. The van der Waals surface area contributed by atoms with Gasteiger partial charge in [0.15, 0.2) is 0 Å². The minimum atomic E-state index is -0.366. The van der Waals surface area contributed by atoms with E-state index in [1.165, 1.54) is 6.92 Å². The molecule has 1 aliphatic rings. The molecule has 0 unspecified atom stereocenters. The number of anilines is 1. The molecule has 1 N–H and O–H groups in total. The third-order valence-corrected chi connectivity index (χ3v) is 2.80. The molecule has 2 rings (SSSR count). The largest absolute Gasteiger partial charge is 0.442 e. The number of hydrogen-bond acceptors (Lipinski definition) is 3. The fourth-order valence-corrected chi connectivity index (χ4v) is 1.82. The Bertz CT molecular complexity index is 456. The maximum atomic E-state index is 11.7. The lowest BCUT2D eigenvalue weighted by Crippen LogP contribution is -2.33. The van der Waals surface area contributed by atoms with Crippen molar-refractivity contribution >= 4 is 17.7 Å². The summed E-state index contributed by atoms with van der Waals surface area (Å²) in [6.07, 6.45) is -0.656. The van der Waals surface area contributed by atoms with E-state index in [4.69, 9.17) is 4.74 Å². The topological polar surface area (TPSA) is 58.6 Å². The van der Waals surface area contributed by atoms with Crippen molar-refractivity contribution in [1.29, 1.82) is 0 Å². The smallest absolute Gasteiger partial charge is 0.414 e. The number of aryl methyl sites for hydroxylation is 1. The molecule has 1 aliphatic heterocycles. The van der Waals surface area contributed by atoms with Crippen LogP contribution in [0.25, 0.3) is 0 Å². The van der Waals surface area contributed by atoms with Crippen molar-refractivity contribution in [3.05, 3.63) is 29.8 Å². The van der Waals surface area contributed by atoms with Gasteiger partial charge in [0.25, 0.3) is 0 Å². The summed E-state index contributed by atoms with van der Waals surface area (Å²) in [6.45, 7) is 4.24. The van der Waals surface area contributed by atoms with Crippen LogP contribution in [0.5, 0.6) is 0 Å². The SMILES string of the molecule is CC(=O)NC[C@H]1CN(c2ccc(C)cc2)C(=O)O1. The summed E-state index contributed by atoms with van der Waals surface area (Å²) >= 11 is 0. The molecule has 2 amide bonds. The van der Waals surface area contributed by atoms with Gasteiger partial charge in [0.05, 0.1) is 13.1 Å². The highest BCUT2D eigenvalue weighted by Crippen LogP contribution is 2.21. The fraction of sp³-hybridized carbons (Fsp3) is 0.385. The Kier molecular flexibility index (Phi) is 3.50. The number of carbonyl (C=O) groups is 2. The van der Waals surface area contributed by atoms with Crippen LogP contribution in [0.15, 0.2) is 24.3 Å². The van der Waals surface area contributed by atoms with Gasteiger partial charge in [-0.25, -0.2) is 4.79 Å². The minimum absolute atomic E-state index is 0.125. The highest BCUT2D eigenvalue weighted by atomic mass is 16.6. The van der Waals surface area contributed by atoms with Gasteiger partial charge in [0, 0.05) is 12.6 Å². The van der Waals surface area contributed by atoms with Crippen LogP contribution >= 0.6 is 0 Å². The van der Waals surface area contributed by atoms with Crippen LogP contribution in [0, 0.1) is 6.92 Å². The molecule has 0 spiro atoms. The molecule has 1 heterocycles. The van der Waals surface area contributed by atoms with Crippen molar-refractivity contribution < 1.29 is 14.3 Å². The summed E-state index contributed by atoms with van der Waals surface area (Å²) in [5, 5.41) is 2.65. The standard InChI is InChI=1S/C13H16N2O3/c1-9-3-5-11(6-4-9)15-8-12(18-13(15)17)7-14-10(2)16/h3-6,12H,7-8H2,1-2H3,(H,14,16)/t12-/m0/s1. The second-order valence-electron chi connectivity index (χ2n) is 4.39. The van der Waals surface area contributed by atoms with Crippen molar-refractivity contribution in [1.82, 2.24) is 5.32 Å². The Morgan fingerprint density at radius 1 is 1.44 bits per heavy atom. The third kappa shape index (κ3) is 2.80. The Balaban J connectivity index is 2.00. The molecule has 5 heteroatoms. The number of cyclic esters (lactones) is 1. The van der Waals surface area contributed by atoms with E-state index in [9.17, 15) is 9.59 Å². The molecule has 0 aromatic heterocycles. The first-order valence-corrected chi connectivity index (χ1v) is 5.85. The van der Waals surface area contributed by atoms with E-state index in [-0.39, 0.29) is 18.1 Å². The molecule has 0 aliphatic carbocycles. The molecule has 1 aromatic rings. The fourth-order valence-electron chi connectivity index (χ4n) is 1.82. The zero-order valence-electron chi connectivity index (χ0n) is 10.5. The van der Waals surface area contributed by atoms with Gasteiger partial charge in [0.2, 0.25) is 5.91 Å². The van der Waals surface area contributed by atoms with Gasteiger partial charge in [-0.3, -0.25) is 9.69 Å². The van der Waals surface area contributed by atoms with Crippen LogP contribution in [0.3, 0.4) is 0 Å². The van der Waals surface area contributed by atoms with Crippen molar-refractivity contribution in [2.24, 2.45) is 0 Å². The van der Waals surface area contributed by atoms with Crippen molar-refractivity contribution in [3.63, 3.8) is 0 Å². The van der Waals surface area contributed by atoms with Crippen LogP contribution in [-0.4, -0.2) is 31.2 Å². The normalized spacial score (nSPS) is 18.7. The summed E-state index contributed by atoms with van der Waals surface area (Å²) in [7, 11) is 0. The Labute approximate surface area is 106 Å². The number of nitrogens with one attached hydrogen (secondary N) is 1. The average molecular weight is 248 g/mol. The number of hydrogen-bond donors (Lipinski definition) is 1. The minimum Gasteiger partial charge on any atom is -0.442 e. The first-order valence-electron chi connectivity index (χ1n) is 5.85. The molecule has 0 radical (unpaired) electrons. The number of ether oxygens (including phenoxy) is 1. The van der Waals surface area contributed by atoms with Gasteiger partial charge in [-0.2, -0.15) is 0 Å². The molecule has 1 atom stereocenters. The van der Waals surface area contributed by atoms with Gasteiger partial charge in [-0.15, -0.1) is 0 Å². The average Bonchev–Trinajstić information content (AvgIpc) is 2.69. The van der Waals surface area contributed by atoms with Gasteiger partial charge in [-0.05, 0) is 19.1 Å². The lowest BCUT2D eigenvalue weighted by Gasteiger charge is -2.13. The Morgan fingerprint density at radius 2 is 2.11 bits per heavy atom. The number of rotatable bonds is 3. The summed E-state index contributed by atoms with van der Waals surface area (Å²) in [5.41, 5.74) is 1.96. The first kappa shape index (κ1) is 12.4. The van der Waals surface area contributed by atoms with Crippen LogP contribution < -0.4 is 10.2 Å². The van der Waals surface area contributed by atoms with Gasteiger partial charge in [-0.1, -0.05) is 17.7 Å². The molecular formula is C13H16N2O3. The molecule has 1 saturated heterocycles. The summed E-state index contributed by atoms with van der Waals surface area (Å²) in [6, 6.07) is 7.67. The Morgan fingerprint density at radius 3 is 2.72 bits per heavy atom. The lowest BCUT2D eigenvalue weighted by molar-refractivity contribution is -0.119. The van der Waals surface area contributed by atoms with Crippen molar-refractivity contribution in [2.75, 3.05) is 18.0 Å². The van der Waals surface area contributed by atoms with Gasteiger partial charge >= 0.3 is 6.09 Å². The molecular weight excluding hydrogens is 232 g/mol. The molecule has 5 nitrogen and oxygen atoms in total. The van der Waals surface area contributed by atoms with Crippen LogP contribution in [0.2, 0.25) is 0 Å². The number of amides is 2. The quantitative estimate of drug-likeness (QED) is 0.881. The van der Waals surface area contributed by atoms with Gasteiger partial charge in [0.1, 0.15) is 6.10 Å². The lowest BCUT2D eigenvalue weighted by atomic mass is 10.2. The van der Waals surface area contributed by atoms with E-state index in [0.717, 1.165) is 11.3 Å². The maximum absolute atomic E-state index is 11.7. The summed E-state index contributed by atoms with van der Waals surface area (Å²) in [5.74, 6) is -0.125. The van der Waals surface area contributed by atoms with E-state index in [2.05, 4.69) is 5.32 Å². The predicted molar refractivity (Wildman–Crippen MR) is 67.5 cm³/mol. The number of carbonyl (C=O) groups excluding carboxylic acids is 2. The van der Waals surface area contributed by atoms with E-state index < -0.39 is 0 Å². The maximum Gasteiger partial charge on any atom is 0.414 e. The van der Waals surface area contributed by atoms with E-state index >= 15 is 0 Å². The van der Waals surface area contributed by atoms with E-state index in [1.54, 1.807) is 4.90 Å². The summed E-state index contributed by atoms with van der Waals surface area (Å²) in [4.78, 5) is 24.1. The van der Waals surface area contributed by atoms with E-state index in [0.29, 0.717) is 13.1 Å². The zero-order valence-corrected chi connectivity index (χ0v) is 10.5. The molecule has 0 saturated carbocycles. The predicted octanol–water partition coefficient (Wildman–Crippen LogP) is 1.46. The van der Waals surface area contributed by atoms with Crippen LogP contribution in [0.4, 0.5) is 10.5 Å². The van der Waals surface area contributed by atoms with Crippen molar-refractivity contribution in [3.8, 4) is 0 Å². The van der Waals surface area contributed by atoms with Gasteiger partial charge < -0.3 is 10.1 Å². The first-order chi connectivity index (χ1) is 8.56. The summed E-state index contributed by atoms with van der Waals surface area (Å²) < 4.78 is 5.18. The number of benzene rings is 1. The monoisotopic (exact) mass is 248 g/mol. The van der Waals surface area contributed by atoms with Crippen molar-refractivity contribution in [2.45, 2.75) is 20.0 Å². The second kappa shape index (κ2) is 5.08. The zero-order chi connectivity index (χ0) is 13.1. The molecule has 0 bridgehead atoms. The molecule has 96 valence electrons. The van der Waals surface area contributed by atoms with Crippen LogP contribution in [-0.2, 0) is 9.53 Å². The molecule has 1 aromatic carbocycles. The highest BCUT2D eigenvalue weighted by molar-refractivity contribution is 5.89. The van der Waals surface area contributed by atoms with E-state index in [1.807, 2.05) is 31.2 Å². The molecule has 1 fully saturated rings. The second-order valence-corrected chi connectivity index (χ2v) is 4.39. The van der Waals surface area contributed by atoms with Crippen LogP contribution in [0.1, 0.15) is 12.5 Å². The Hall–Kier alpha value is -2.04. The number of nitrogens with zero attached hydrogens (tertiary/aromatic N) is 1.